The van der Waals surface area contributed by atoms with E-state index in [1.165, 1.54) is 6.07 Å². The van der Waals surface area contributed by atoms with Crippen molar-refractivity contribution in [1.29, 1.82) is 0 Å². The topological polar surface area (TPSA) is 54.0 Å². The number of hydrogen-bond donors (Lipinski definition) is 2. The first kappa shape index (κ1) is 18.8. The number of hydrogen-bond acceptors (Lipinski definition) is 3. The van der Waals surface area contributed by atoms with Gasteiger partial charge in [0.15, 0.2) is 11.6 Å². The van der Waals surface area contributed by atoms with Crippen molar-refractivity contribution in [2.45, 2.75) is 27.7 Å². The molecule has 0 aliphatic rings. The number of halogens is 2. The lowest BCUT2D eigenvalue weighted by Crippen LogP contribution is -2.23. The first-order valence-electron chi connectivity index (χ1n) is 8.63. The maximum atomic E-state index is 14.0. The molecule has 1 heterocycles. The fourth-order valence-corrected chi connectivity index (χ4v) is 3.24. The van der Waals surface area contributed by atoms with Gasteiger partial charge in [0, 0.05) is 22.5 Å². The Balaban J connectivity index is 1.81. The molecular weight excluding hydrogens is 348 g/mol. The maximum absolute atomic E-state index is 14.0. The molecule has 0 bridgehead atoms. The van der Waals surface area contributed by atoms with Gasteiger partial charge in [-0.3, -0.25) is 4.79 Å². The van der Waals surface area contributed by atoms with Gasteiger partial charge in [0.1, 0.15) is 5.52 Å². The number of nitrogens with zero attached hydrogens (tertiary/aromatic N) is 1. The van der Waals surface area contributed by atoms with Crippen LogP contribution in [0.1, 0.15) is 22.4 Å². The molecule has 0 aliphatic heterocycles. The van der Waals surface area contributed by atoms with E-state index in [9.17, 15) is 13.6 Å². The molecule has 1 amide bonds. The number of anilines is 2. The SMILES string of the molecule is Cc1cc(C)c(NC(=O)CNc2cc(C)nc3c(F)c(F)ccc23)c(C)c1. The lowest BCUT2D eigenvalue weighted by atomic mass is 10.1. The van der Waals surface area contributed by atoms with E-state index in [1.807, 2.05) is 32.9 Å². The van der Waals surface area contributed by atoms with Crippen LogP contribution in [0.4, 0.5) is 20.2 Å². The van der Waals surface area contributed by atoms with Crippen molar-refractivity contribution in [3.8, 4) is 0 Å². The number of fused-ring (bicyclic) bond motifs is 1. The number of aryl methyl sites for hydroxylation is 4. The first-order chi connectivity index (χ1) is 12.8. The normalized spacial score (nSPS) is 10.9. The second kappa shape index (κ2) is 7.31. The van der Waals surface area contributed by atoms with E-state index in [1.54, 1.807) is 13.0 Å². The molecule has 140 valence electrons. The standard InChI is InChI=1S/C21H21F2N3O/c1-11-7-12(2)20(13(3)8-11)26-18(27)10-24-17-9-14(4)25-21-15(17)5-6-16(22)19(21)23/h5-9H,10H2,1-4H3,(H,24,25)(H,26,27). The number of nitrogens with one attached hydrogen (secondary N) is 2. The van der Waals surface area contributed by atoms with E-state index >= 15 is 0 Å². The number of rotatable bonds is 4. The van der Waals surface area contributed by atoms with E-state index in [-0.39, 0.29) is 18.0 Å². The van der Waals surface area contributed by atoms with Crippen LogP contribution >= 0.6 is 0 Å². The summed E-state index contributed by atoms with van der Waals surface area (Å²) < 4.78 is 27.5. The summed E-state index contributed by atoms with van der Waals surface area (Å²) in [7, 11) is 0. The Hall–Kier alpha value is -3.02. The predicted octanol–water partition coefficient (Wildman–Crippen LogP) is 4.80. The van der Waals surface area contributed by atoms with Gasteiger partial charge in [-0.15, -0.1) is 0 Å². The molecule has 2 N–H and O–H groups in total. The third kappa shape index (κ3) is 3.89. The quantitative estimate of drug-likeness (QED) is 0.695. The van der Waals surface area contributed by atoms with E-state index in [2.05, 4.69) is 15.6 Å². The smallest absolute Gasteiger partial charge is 0.243 e. The van der Waals surface area contributed by atoms with Crippen LogP contribution in [-0.4, -0.2) is 17.4 Å². The fourth-order valence-electron chi connectivity index (χ4n) is 3.24. The number of carbonyl (C=O) groups is 1. The molecule has 0 unspecified atom stereocenters. The van der Waals surface area contributed by atoms with Crippen molar-refractivity contribution < 1.29 is 13.6 Å². The van der Waals surface area contributed by atoms with Crippen LogP contribution in [0, 0.1) is 39.3 Å². The lowest BCUT2D eigenvalue weighted by molar-refractivity contribution is -0.114. The summed E-state index contributed by atoms with van der Waals surface area (Å²) in [6.45, 7) is 7.57. The van der Waals surface area contributed by atoms with Gasteiger partial charge < -0.3 is 10.6 Å². The second-order valence-corrected chi connectivity index (χ2v) is 6.74. The van der Waals surface area contributed by atoms with Gasteiger partial charge in [-0.25, -0.2) is 13.8 Å². The molecule has 0 aliphatic carbocycles. The molecular formula is C21H21F2N3O. The van der Waals surface area contributed by atoms with Crippen molar-refractivity contribution in [1.82, 2.24) is 4.98 Å². The highest BCUT2D eigenvalue weighted by atomic mass is 19.2. The maximum Gasteiger partial charge on any atom is 0.243 e. The molecule has 27 heavy (non-hydrogen) atoms. The minimum absolute atomic E-state index is 0.00962. The van der Waals surface area contributed by atoms with Crippen LogP contribution in [-0.2, 0) is 4.79 Å². The van der Waals surface area contributed by atoms with Crippen LogP contribution in [0.15, 0.2) is 30.3 Å². The van der Waals surface area contributed by atoms with Crippen LogP contribution in [0.5, 0.6) is 0 Å². The molecule has 0 fully saturated rings. The Morgan fingerprint density at radius 3 is 2.37 bits per heavy atom. The van der Waals surface area contributed by atoms with Crippen molar-refractivity contribution in [2.24, 2.45) is 0 Å². The number of carbonyl (C=O) groups excluding carboxylic acids is 1. The van der Waals surface area contributed by atoms with E-state index < -0.39 is 11.6 Å². The third-order valence-corrected chi connectivity index (χ3v) is 4.38. The van der Waals surface area contributed by atoms with Gasteiger partial charge in [0.05, 0.1) is 6.54 Å². The Bertz CT molecular complexity index is 1020. The number of amides is 1. The monoisotopic (exact) mass is 369 g/mol. The fraction of sp³-hybridized carbons (Fsp3) is 0.238. The zero-order valence-corrected chi connectivity index (χ0v) is 15.7. The highest BCUT2D eigenvalue weighted by Gasteiger charge is 2.14. The van der Waals surface area contributed by atoms with Crippen molar-refractivity contribution in [3.05, 3.63) is 64.4 Å². The molecule has 0 saturated carbocycles. The van der Waals surface area contributed by atoms with E-state index in [4.69, 9.17) is 0 Å². The lowest BCUT2D eigenvalue weighted by Gasteiger charge is -2.14. The summed E-state index contributed by atoms with van der Waals surface area (Å²) in [6.07, 6.45) is 0. The minimum atomic E-state index is -0.991. The summed E-state index contributed by atoms with van der Waals surface area (Å²) in [5.74, 6) is -2.17. The number of aromatic nitrogens is 1. The van der Waals surface area contributed by atoms with Crippen molar-refractivity contribution in [2.75, 3.05) is 17.2 Å². The molecule has 6 heteroatoms. The summed E-state index contributed by atoms with van der Waals surface area (Å²) in [5.41, 5.74) is 4.91. The largest absolute Gasteiger partial charge is 0.376 e. The summed E-state index contributed by atoms with van der Waals surface area (Å²) in [5, 5.41) is 6.34. The number of pyridine rings is 1. The second-order valence-electron chi connectivity index (χ2n) is 6.74. The van der Waals surface area contributed by atoms with Crippen molar-refractivity contribution in [3.63, 3.8) is 0 Å². The van der Waals surface area contributed by atoms with Crippen LogP contribution in [0.25, 0.3) is 10.9 Å². The molecule has 0 radical (unpaired) electrons. The Labute approximate surface area is 156 Å². The third-order valence-electron chi connectivity index (χ3n) is 4.38. The summed E-state index contributed by atoms with van der Waals surface area (Å²) >= 11 is 0. The molecule has 0 saturated heterocycles. The number of benzene rings is 2. The summed E-state index contributed by atoms with van der Waals surface area (Å²) in [6, 6.07) is 8.23. The van der Waals surface area contributed by atoms with Crippen molar-refractivity contribution >= 4 is 28.2 Å². The minimum Gasteiger partial charge on any atom is -0.376 e. The van der Waals surface area contributed by atoms with Crippen LogP contribution < -0.4 is 10.6 Å². The van der Waals surface area contributed by atoms with Crippen LogP contribution in [0.3, 0.4) is 0 Å². The Morgan fingerprint density at radius 2 is 1.70 bits per heavy atom. The molecule has 1 aromatic heterocycles. The zero-order chi connectivity index (χ0) is 19.7. The molecule has 3 aromatic rings. The highest BCUT2D eigenvalue weighted by molar-refractivity contribution is 5.98. The van der Waals surface area contributed by atoms with Gasteiger partial charge in [0.25, 0.3) is 0 Å². The molecule has 0 spiro atoms. The molecule has 3 rings (SSSR count). The summed E-state index contributed by atoms with van der Waals surface area (Å²) in [4.78, 5) is 16.5. The van der Waals surface area contributed by atoms with E-state index in [0.29, 0.717) is 16.8 Å². The zero-order valence-electron chi connectivity index (χ0n) is 15.7. The Morgan fingerprint density at radius 1 is 1.04 bits per heavy atom. The van der Waals surface area contributed by atoms with Gasteiger partial charge in [-0.05, 0) is 57.0 Å². The average molecular weight is 369 g/mol. The predicted molar refractivity (Wildman–Crippen MR) is 104 cm³/mol. The van der Waals surface area contributed by atoms with Gasteiger partial charge in [0.2, 0.25) is 5.91 Å². The first-order valence-corrected chi connectivity index (χ1v) is 8.63. The molecule has 4 nitrogen and oxygen atoms in total. The highest BCUT2D eigenvalue weighted by Crippen LogP contribution is 2.27. The van der Waals surface area contributed by atoms with Gasteiger partial charge >= 0.3 is 0 Å². The van der Waals surface area contributed by atoms with E-state index in [0.717, 1.165) is 28.4 Å². The molecule has 0 atom stereocenters. The van der Waals surface area contributed by atoms with Gasteiger partial charge in [-0.1, -0.05) is 17.7 Å². The van der Waals surface area contributed by atoms with Gasteiger partial charge in [-0.2, -0.15) is 0 Å². The van der Waals surface area contributed by atoms with Crippen LogP contribution in [0.2, 0.25) is 0 Å². The average Bonchev–Trinajstić information content (AvgIpc) is 2.59. The molecule has 2 aromatic carbocycles. The Kier molecular flexibility index (Phi) is 5.08.